The molecule has 1 aliphatic carbocycles. The standard InChI is InChI=1S/C23H29N5O2.2ClH/c1-14-10-18(30)21-19(14)22(27-13-26-21)28-12-23(6-8-24-9-7-23)20-16(11-25-15(2)29)4-3-5-17(20)28;;/h3-5,13-14,18,24,30H,6-12H2,1-2H3,(H,25,29);2*1H/t14-,18-;;/m1../s1. The molecule has 0 saturated carbocycles. The molecule has 1 saturated heterocycles. The topological polar surface area (TPSA) is 90.4 Å². The van der Waals surface area contributed by atoms with Gasteiger partial charge in [0.05, 0.1) is 11.8 Å². The van der Waals surface area contributed by atoms with Gasteiger partial charge in [-0.2, -0.15) is 0 Å². The molecule has 1 spiro atoms. The van der Waals surface area contributed by atoms with Crippen LogP contribution in [0.4, 0.5) is 11.5 Å². The molecule has 7 nitrogen and oxygen atoms in total. The zero-order valence-electron chi connectivity index (χ0n) is 18.4. The summed E-state index contributed by atoms with van der Waals surface area (Å²) in [5.74, 6) is 1.14. The number of nitrogens with one attached hydrogen (secondary N) is 2. The second-order valence-electron chi connectivity index (χ2n) is 8.99. The zero-order valence-corrected chi connectivity index (χ0v) is 20.1. The molecule has 32 heavy (non-hydrogen) atoms. The second-order valence-corrected chi connectivity index (χ2v) is 8.99. The van der Waals surface area contributed by atoms with Gasteiger partial charge < -0.3 is 20.6 Å². The Labute approximate surface area is 201 Å². The molecule has 9 heteroatoms. The maximum absolute atomic E-state index is 11.6. The Morgan fingerprint density at radius 1 is 1.28 bits per heavy atom. The van der Waals surface area contributed by atoms with Crippen molar-refractivity contribution in [2.75, 3.05) is 24.5 Å². The lowest BCUT2D eigenvalue weighted by molar-refractivity contribution is -0.119. The van der Waals surface area contributed by atoms with E-state index in [1.54, 1.807) is 13.3 Å². The molecule has 1 fully saturated rings. The Hall–Kier alpha value is -1.93. The third kappa shape index (κ3) is 3.96. The molecule has 2 atom stereocenters. The normalized spacial score (nSPS) is 22.5. The highest BCUT2D eigenvalue weighted by Gasteiger charge is 2.47. The van der Waals surface area contributed by atoms with Crippen molar-refractivity contribution in [1.82, 2.24) is 20.6 Å². The summed E-state index contributed by atoms with van der Waals surface area (Å²) in [6.45, 7) is 7.09. The lowest BCUT2D eigenvalue weighted by atomic mass is 9.73. The quantitative estimate of drug-likeness (QED) is 0.625. The van der Waals surface area contributed by atoms with Gasteiger partial charge in [0.25, 0.3) is 0 Å². The molecule has 2 aliphatic heterocycles. The SMILES string of the molecule is CC(=O)NCc1cccc2c1C1(CCNCC1)CN2c1ncnc2c1[C@H](C)C[C@H]2O.Cl.Cl. The van der Waals surface area contributed by atoms with Gasteiger partial charge >= 0.3 is 0 Å². The molecular formula is C23H31Cl2N5O2. The molecule has 0 radical (unpaired) electrons. The van der Waals surface area contributed by atoms with Crippen molar-refractivity contribution in [2.45, 2.75) is 57.1 Å². The summed E-state index contributed by atoms with van der Waals surface area (Å²) < 4.78 is 0. The van der Waals surface area contributed by atoms with Gasteiger partial charge in [-0.25, -0.2) is 9.97 Å². The van der Waals surface area contributed by atoms with E-state index in [1.165, 1.54) is 16.8 Å². The van der Waals surface area contributed by atoms with E-state index in [9.17, 15) is 9.90 Å². The molecule has 3 aliphatic rings. The van der Waals surface area contributed by atoms with Crippen LogP contribution in [0.5, 0.6) is 0 Å². The molecule has 0 unspecified atom stereocenters. The van der Waals surface area contributed by atoms with Gasteiger partial charge in [0, 0.05) is 36.7 Å². The van der Waals surface area contributed by atoms with E-state index in [4.69, 9.17) is 4.98 Å². The number of fused-ring (bicyclic) bond motifs is 3. The summed E-state index contributed by atoms with van der Waals surface area (Å²) in [6, 6.07) is 6.38. The highest BCUT2D eigenvalue weighted by molar-refractivity contribution is 5.85. The fourth-order valence-corrected chi connectivity index (χ4v) is 5.68. The van der Waals surface area contributed by atoms with E-state index in [-0.39, 0.29) is 42.1 Å². The van der Waals surface area contributed by atoms with E-state index in [2.05, 4.69) is 45.6 Å². The first kappa shape index (κ1) is 24.7. The number of carbonyl (C=O) groups excluding carboxylic acids is 1. The average Bonchev–Trinajstić information content (AvgIpc) is 3.22. The van der Waals surface area contributed by atoms with Crippen LogP contribution in [-0.4, -0.2) is 40.6 Å². The van der Waals surface area contributed by atoms with Gasteiger partial charge in [-0.3, -0.25) is 4.79 Å². The molecule has 1 amide bonds. The van der Waals surface area contributed by atoms with Crippen LogP contribution in [0.15, 0.2) is 24.5 Å². The second kappa shape index (κ2) is 9.51. The maximum Gasteiger partial charge on any atom is 0.217 e. The van der Waals surface area contributed by atoms with Crippen molar-refractivity contribution in [1.29, 1.82) is 0 Å². The Balaban J connectivity index is 0.00000144. The van der Waals surface area contributed by atoms with Crippen molar-refractivity contribution >= 4 is 42.2 Å². The summed E-state index contributed by atoms with van der Waals surface area (Å²) in [4.78, 5) is 23.1. The number of aromatic nitrogens is 2. The highest BCUT2D eigenvalue weighted by Crippen LogP contribution is 2.52. The van der Waals surface area contributed by atoms with E-state index < -0.39 is 6.10 Å². The van der Waals surface area contributed by atoms with Gasteiger partial charge in [0.15, 0.2) is 0 Å². The van der Waals surface area contributed by atoms with Crippen LogP contribution in [-0.2, 0) is 16.8 Å². The van der Waals surface area contributed by atoms with Crippen LogP contribution in [0, 0.1) is 0 Å². The van der Waals surface area contributed by atoms with Crippen molar-refractivity contribution in [2.24, 2.45) is 0 Å². The van der Waals surface area contributed by atoms with Crippen molar-refractivity contribution < 1.29 is 9.90 Å². The number of aliphatic hydroxyl groups excluding tert-OH is 1. The number of carbonyl (C=O) groups is 1. The number of aliphatic hydroxyl groups is 1. The van der Waals surface area contributed by atoms with Crippen LogP contribution >= 0.6 is 24.8 Å². The number of piperidine rings is 1. The fraction of sp³-hybridized carbons (Fsp3) is 0.522. The van der Waals surface area contributed by atoms with Crippen LogP contribution in [0.1, 0.15) is 67.5 Å². The summed E-state index contributed by atoms with van der Waals surface area (Å²) in [5, 5.41) is 17.0. The first-order valence-corrected chi connectivity index (χ1v) is 10.9. The predicted octanol–water partition coefficient (Wildman–Crippen LogP) is 3.27. The van der Waals surface area contributed by atoms with Crippen LogP contribution in [0.3, 0.4) is 0 Å². The average molecular weight is 480 g/mol. The number of nitrogens with zero attached hydrogens (tertiary/aromatic N) is 3. The number of hydrogen-bond acceptors (Lipinski definition) is 6. The molecule has 2 aromatic rings. The number of anilines is 2. The molecule has 1 aromatic carbocycles. The first-order chi connectivity index (χ1) is 14.5. The molecular weight excluding hydrogens is 449 g/mol. The molecule has 3 N–H and O–H groups in total. The van der Waals surface area contributed by atoms with E-state index in [0.717, 1.165) is 49.6 Å². The van der Waals surface area contributed by atoms with Gasteiger partial charge in [0.1, 0.15) is 12.1 Å². The van der Waals surface area contributed by atoms with Crippen LogP contribution < -0.4 is 15.5 Å². The molecule has 5 rings (SSSR count). The van der Waals surface area contributed by atoms with E-state index in [1.807, 2.05) is 0 Å². The number of rotatable bonds is 3. The van der Waals surface area contributed by atoms with Gasteiger partial charge in [0.2, 0.25) is 5.91 Å². The lowest BCUT2D eigenvalue weighted by Crippen LogP contribution is -2.43. The van der Waals surface area contributed by atoms with Gasteiger partial charge in [-0.05, 0) is 55.5 Å². The van der Waals surface area contributed by atoms with E-state index >= 15 is 0 Å². The van der Waals surface area contributed by atoms with Crippen molar-refractivity contribution in [3.05, 3.63) is 46.9 Å². The molecule has 0 bridgehead atoms. The first-order valence-electron chi connectivity index (χ1n) is 10.9. The van der Waals surface area contributed by atoms with Crippen molar-refractivity contribution in [3.8, 4) is 0 Å². The highest BCUT2D eigenvalue weighted by atomic mass is 35.5. The number of hydrogen-bond donors (Lipinski definition) is 3. The van der Waals surface area contributed by atoms with Gasteiger partial charge in [-0.15, -0.1) is 24.8 Å². The molecule has 3 heterocycles. The Morgan fingerprint density at radius 2 is 2.03 bits per heavy atom. The molecule has 1 aromatic heterocycles. The minimum atomic E-state index is -0.516. The Kier molecular flexibility index (Phi) is 7.34. The van der Waals surface area contributed by atoms with E-state index in [0.29, 0.717) is 13.0 Å². The number of halogens is 2. The minimum Gasteiger partial charge on any atom is -0.387 e. The fourth-order valence-electron chi connectivity index (χ4n) is 5.68. The summed E-state index contributed by atoms with van der Waals surface area (Å²) in [5.41, 5.74) is 5.59. The lowest BCUT2D eigenvalue weighted by Gasteiger charge is -2.36. The number of amides is 1. The monoisotopic (exact) mass is 479 g/mol. The maximum atomic E-state index is 11.6. The Bertz CT molecular complexity index is 996. The van der Waals surface area contributed by atoms with Gasteiger partial charge in [-0.1, -0.05) is 19.1 Å². The summed E-state index contributed by atoms with van der Waals surface area (Å²) in [7, 11) is 0. The Morgan fingerprint density at radius 3 is 2.75 bits per heavy atom. The van der Waals surface area contributed by atoms with Crippen molar-refractivity contribution in [3.63, 3.8) is 0 Å². The summed E-state index contributed by atoms with van der Waals surface area (Å²) >= 11 is 0. The summed E-state index contributed by atoms with van der Waals surface area (Å²) in [6.07, 6.45) is 3.87. The minimum absolute atomic E-state index is 0. The molecule has 174 valence electrons. The van der Waals surface area contributed by atoms with Crippen LogP contribution in [0.2, 0.25) is 0 Å². The number of benzene rings is 1. The third-order valence-corrected chi connectivity index (χ3v) is 7.03. The predicted molar refractivity (Wildman–Crippen MR) is 129 cm³/mol. The smallest absolute Gasteiger partial charge is 0.217 e. The largest absolute Gasteiger partial charge is 0.387 e. The zero-order chi connectivity index (χ0) is 20.9. The van der Waals surface area contributed by atoms with Crippen LogP contribution in [0.25, 0.3) is 0 Å². The third-order valence-electron chi connectivity index (χ3n) is 7.03.